The van der Waals surface area contributed by atoms with Gasteiger partial charge in [0.25, 0.3) is 10.1 Å². The van der Waals surface area contributed by atoms with Crippen LogP contribution in [0.3, 0.4) is 0 Å². The molecule has 0 aliphatic heterocycles. The monoisotopic (exact) mass is 302 g/mol. The molecule has 0 saturated heterocycles. The van der Waals surface area contributed by atoms with E-state index >= 15 is 0 Å². The van der Waals surface area contributed by atoms with E-state index in [0.717, 1.165) is 12.8 Å². The van der Waals surface area contributed by atoms with E-state index in [9.17, 15) is 8.42 Å². The molecule has 1 N–H and O–H groups in total. The largest absolute Gasteiger partial charge is 1.00 e. The van der Waals surface area contributed by atoms with Gasteiger partial charge in [0.15, 0.2) is 0 Å². The summed E-state index contributed by atoms with van der Waals surface area (Å²) in [6, 6.07) is 0. The van der Waals surface area contributed by atoms with E-state index < -0.39 is 10.1 Å². The van der Waals surface area contributed by atoms with Crippen molar-refractivity contribution >= 4 is 10.1 Å². The molecule has 0 saturated carbocycles. The Hall–Kier alpha value is 0.910. The molecule has 112 valence electrons. The zero-order valence-corrected chi connectivity index (χ0v) is 16.0. The quantitative estimate of drug-likeness (QED) is 0.273. The Bertz CT molecular complexity index is 241. The molecular formula is C14H31NaO3S. The van der Waals surface area contributed by atoms with E-state index in [0.29, 0.717) is 6.42 Å². The summed E-state index contributed by atoms with van der Waals surface area (Å²) >= 11 is 0. The van der Waals surface area contributed by atoms with Crippen molar-refractivity contribution in [3.63, 3.8) is 0 Å². The first-order valence-electron chi connectivity index (χ1n) is 7.22. The fraction of sp³-hybridized carbons (Fsp3) is 0.929. The summed E-state index contributed by atoms with van der Waals surface area (Å²) in [5, 5.41) is 0. The van der Waals surface area contributed by atoms with Crippen LogP contribution < -0.4 is 29.6 Å². The predicted octanol–water partition coefficient (Wildman–Crippen LogP) is 1.64. The van der Waals surface area contributed by atoms with Crippen LogP contribution in [0.4, 0.5) is 0 Å². The van der Waals surface area contributed by atoms with Crippen molar-refractivity contribution in [3.05, 3.63) is 6.92 Å². The summed E-state index contributed by atoms with van der Waals surface area (Å²) in [6.07, 6.45) is 11.7. The SMILES string of the molecule is CCCCCCCCCCCCS(=O)(=O)O.[CH2-]C.[Na+]. The van der Waals surface area contributed by atoms with Gasteiger partial charge in [-0.2, -0.15) is 15.3 Å². The topological polar surface area (TPSA) is 54.4 Å². The Morgan fingerprint density at radius 2 is 1.11 bits per heavy atom. The van der Waals surface area contributed by atoms with Gasteiger partial charge in [0.1, 0.15) is 0 Å². The van der Waals surface area contributed by atoms with Crippen molar-refractivity contribution in [1.82, 2.24) is 0 Å². The average molecular weight is 302 g/mol. The zero-order valence-electron chi connectivity index (χ0n) is 13.2. The molecule has 0 spiro atoms. The van der Waals surface area contributed by atoms with Gasteiger partial charge in [-0.1, -0.05) is 64.7 Å². The Balaban J connectivity index is -0.000000809. The maximum Gasteiger partial charge on any atom is 1.00 e. The molecule has 0 aromatic carbocycles. The van der Waals surface area contributed by atoms with Crippen LogP contribution in [0, 0.1) is 6.92 Å². The Morgan fingerprint density at radius 1 is 0.789 bits per heavy atom. The standard InChI is InChI=1S/C12H26O3S.C2H5.Na/c1-2-3-4-5-6-7-8-9-10-11-12-16(13,14)15;1-2;/h2-12H2,1H3,(H,13,14,15);1H2,2H3;/q;-1;+1. The van der Waals surface area contributed by atoms with Crippen molar-refractivity contribution in [1.29, 1.82) is 0 Å². The molecule has 0 aliphatic carbocycles. The van der Waals surface area contributed by atoms with Crippen molar-refractivity contribution < 1.29 is 42.5 Å². The molecule has 0 heterocycles. The number of hydrogen-bond donors (Lipinski definition) is 1. The van der Waals surface area contributed by atoms with E-state index in [1.165, 1.54) is 44.9 Å². The third kappa shape index (κ3) is 27.9. The minimum atomic E-state index is -3.73. The van der Waals surface area contributed by atoms with Gasteiger partial charge in [-0.05, 0) is 6.42 Å². The first-order valence-corrected chi connectivity index (χ1v) is 8.83. The molecule has 0 amide bonds. The van der Waals surface area contributed by atoms with Crippen LogP contribution in [0.2, 0.25) is 0 Å². The van der Waals surface area contributed by atoms with Gasteiger partial charge >= 0.3 is 29.6 Å². The van der Waals surface area contributed by atoms with Crippen LogP contribution in [0.5, 0.6) is 0 Å². The maximum atomic E-state index is 10.4. The molecule has 0 aromatic rings. The van der Waals surface area contributed by atoms with Gasteiger partial charge in [-0.15, -0.1) is 0 Å². The third-order valence-electron chi connectivity index (χ3n) is 2.76. The van der Waals surface area contributed by atoms with Gasteiger partial charge in [0, 0.05) is 0 Å². The van der Waals surface area contributed by atoms with Crippen LogP contribution >= 0.6 is 0 Å². The molecule has 3 nitrogen and oxygen atoms in total. The second kappa shape index (κ2) is 18.9. The van der Waals surface area contributed by atoms with Crippen molar-refractivity contribution in [3.8, 4) is 0 Å². The molecule has 0 atom stereocenters. The molecule has 0 bridgehead atoms. The van der Waals surface area contributed by atoms with E-state index in [-0.39, 0.29) is 35.3 Å². The van der Waals surface area contributed by atoms with E-state index in [1.54, 1.807) is 6.92 Å². The van der Waals surface area contributed by atoms with Gasteiger partial charge < -0.3 is 6.92 Å². The van der Waals surface area contributed by atoms with Crippen molar-refractivity contribution in [2.75, 3.05) is 5.75 Å². The van der Waals surface area contributed by atoms with Gasteiger partial charge in [0.05, 0.1) is 5.75 Å². The van der Waals surface area contributed by atoms with Crippen LogP contribution in [-0.4, -0.2) is 18.7 Å². The smallest absolute Gasteiger partial charge is 0.346 e. The van der Waals surface area contributed by atoms with E-state index in [2.05, 4.69) is 13.8 Å². The molecule has 0 unspecified atom stereocenters. The number of unbranched alkanes of at least 4 members (excludes halogenated alkanes) is 9. The van der Waals surface area contributed by atoms with Crippen LogP contribution in [0.1, 0.15) is 78.1 Å². The van der Waals surface area contributed by atoms with Gasteiger partial charge in [0.2, 0.25) is 0 Å². The maximum absolute atomic E-state index is 10.4. The second-order valence-corrected chi connectivity index (χ2v) is 6.04. The van der Waals surface area contributed by atoms with Crippen LogP contribution in [0.25, 0.3) is 0 Å². The second-order valence-electron chi connectivity index (χ2n) is 4.47. The van der Waals surface area contributed by atoms with Crippen LogP contribution in [0.15, 0.2) is 0 Å². The Morgan fingerprint density at radius 3 is 1.42 bits per heavy atom. The van der Waals surface area contributed by atoms with Gasteiger partial charge in [-0.25, -0.2) is 0 Å². The predicted molar refractivity (Wildman–Crippen MR) is 79.3 cm³/mol. The van der Waals surface area contributed by atoms with Gasteiger partial charge in [-0.3, -0.25) is 4.55 Å². The molecule has 19 heavy (non-hydrogen) atoms. The summed E-state index contributed by atoms with van der Waals surface area (Å²) in [6.45, 7) is 7.22. The average Bonchev–Trinajstić information content (AvgIpc) is 2.33. The zero-order chi connectivity index (χ0) is 14.3. The molecule has 5 heteroatoms. The number of hydrogen-bond acceptors (Lipinski definition) is 2. The van der Waals surface area contributed by atoms with E-state index in [4.69, 9.17) is 4.55 Å². The molecule has 0 radical (unpaired) electrons. The molecule has 0 rings (SSSR count). The summed E-state index contributed by atoms with van der Waals surface area (Å²) < 4.78 is 29.4. The first-order chi connectivity index (χ1) is 8.56. The fourth-order valence-corrected chi connectivity index (χ4v) is 2.34. The minimum Gasteiger partial charge on any atom is -0.346 e. The summed E-state index contributed by atoms with van der Waals surface area (Å²) in [5.41, 5.74) is 0. The minimum absolute atomic E-state index is 0. The fourth-order valence-electron chi connectivity index (χ4n) is 1.77. The number of rotatable bonds is 11. The van der Waals surface area contributed by atoms with Crippen LogP contribution in [-0.2, 0) is 10.1 Å². The summed E-state index contributed by atoms with van der Waals surface area (Å²) in [5.74, 6) is -0.0799. The van der Waals surface area contributed by atoms with Crippen molar-refractivity contribution in [2.24, 2.45) is 0 Å². The Labute approximate surface area is 143 Å². The third-order valence-corrected chi connectivity index (χ3v) is 3.56. The van der Waals surface area contributed by atoms with Crippen molar-refractivity contribution in [2.45, 2.75) is 78.1 Å². The molecule has 0 aromatic heterocycles. The first kappa shape index (κ1) is 24.9. The molecule has 0 aliphatic rings. The molecular weight excluding hydrogens is 271 g/mol. The molecule has 0 fully saturated rings. The Kier molecular flexibility index (Phi) is 24.8. The summed E-state index contributed by atoms with van der Waals surface area (Å²) in [7, 11) is -3.73. The summed E-state index contributed by atoms with van der Waals surface area (Å²) in [4.78, 5) is 0. The van der Waals surface area contributed by atoms with E-state index in [1.807, 2.05) is 0 Å². The normalized spacial score (nSPS) is 10.3.